The second-order valence-corrected chi connectivity index (χ2v) is 10.4. The van der Waals surface area contributed by atoms with Crippen LogP contribution in [0.15, 0.2) is 79.1 Å². The molecule has 0 spiro atoms. The van der Waals surface area contributed by atoms with Crippen molar-refractivity contribution in [1.82, 2.24) is 20.0 Å². The van der Waals surface area contributed by atoms with Crippen molar-refractivity contribution in [1.29, 1.82) is 10.5 Å². The number of nitrogens with one attached hydrogen (secondary N) is 2. The van der Waals surface area contributed by atoms with Crippen LogP contribution in [0.2, 0.25) is 5.02 Å². The molecule has 0 saturated heterocycles. The van der Waals surface area contributed by atoms with Crippen molar-refractivity contribution in [2.45, 2.75) is 44.3 Å². The third-order valence-electron chi connectivity index (χ3n) is 7.21. The molecule has 0 amide bonds. The minimum Gasteiger partial charge on any atom is -0.377 e. The van der Waals surface area contributed by atoms with Crippen LogP contribution in [-0.2, 0) is 0 Å². The summed E-state index contributed by atoms with van der Waals surface area (Å²) < 4.78 is 11.5. The molecule has 0 radical (unpaired) electrons. The normalized spacial score (nSPS) is 15.3. The number of anilines is 2. The Morgan fingerprint density at radius 2 is 1.85 bits per heavy atom. The van der Waals surface area contributed by atoms with E-state index in [1.54, 1.807) is 41.2 Å². The van der Waals surface area contributed by atoms with Gasteiger partial charge in [0.05, 0.1) is 59.1 Å². The van der Waals surface area contributed by atoms with Crippen LogP contribution in [0.1, 0.15) is 73.6 Å². The molecular formula is C32H27ClN8. The fourth-order valence-corrected chi connectivity index (χ4v) is 5.20. The van der Waals surface area contributed by atoms with E-state index < -0.39 is 6.02 Å². The van der Waals surface area contributed by atoms with Gasteiger partial charge in [-0.15, -0.1) is 5.10 Å². The maximum absolute atomic E-state index is 10.0. The van der Waals surface area contributed by atoms with Crippen LogP contribution < -0.4 is 10.6 Å². The minimum atomic E-state index is -1.60. The molecule has 6 rings (SSSR count). The summed E-state index contributed by atoms with van der Waals surface area (Å²) in [5.41, 5.74) is 4.50. The van der Waals surface area contributed by atoms with E-state index in [9.17, 15) is 11.9 Å². The molecule has 2 heterocycles. The van der Waals surface area contributed by atoms with Gasteiger partial charge in [0.1, 0.15) is 11.8 Å². The van der Waals surface area contributed by atoms with E-state index in [4.69, 9.17) is 11.6 Å². The summed E-state index contributed by atoms with van der Waals surface area (Å²) in [7, 11) is 0. The highest BCUT2D eigenvalue weighted by Gasteiger charge is 2.27. The number of nitrogens with zero attached hydrogens (tertiary/aromatic N) is 6. The first-order chi connectivity index (χ1) is 20.4. The predicted molar refractivity (Wildman–Crippen MR) is 159 cm³/mol. The molecule has 0 bridgehead atoms. The molecule has 41 heavy (non-hydrogen) atoms. The van der Waals surface area contributed by atoms with Gasteiger partial charge in [0, 0.05) is 17.3 Å². The summed E-state index contributed by atoms with van der Waals surface area (Å²) in [6.45, 7) is 2.08. The van der Waals surface area contributed by atoms with Crippen molar-refractivity contribution in [2.24, 2.45) is 0 Å². The van der Waals surface area contributed by atoms with Crippen LogP contribution in [0.3, 0.4) is 0 Å². The fraction of sp³-hybridized carbons (Fsp3) is 0.219. The molecule has 0 aliphatic heterocycles. The number of nitriles is 2. The van der Waals surface area contributed by atoms with Gasteiger partial charge in [0.25, 0.3) is 0 Å². The van der Waals surface area contributed by atoms with Gasteiger partial charge in [-0.1, -0.05) is 66.2 Å². The van der Waals surface area contributed by atoms with Crippen molar-refractivity contribution < 1.29 is 1.37 Å². The molecule has 1 aliphatic carbocycles. The molecule has 2 atom stereocenters. The van der Waals surface area contributed by atoms with Crippen molar-refractivity contribution in [3.8, 4) is 12.1 Å². The van der Waals surface area contributed by atoms with E-state index in [1.165, 1.54) is 6.20 Å². The maximum Gasteiger partial charge on any atom is 0.109 e. The van der Waals surface area contributed by atoms with E-state index in [2.05, 4.69) is 57.1 Å². The molecule has 1 aliphatic rings. The van der Waals surface area contributed by atoms with Gasteiger partial charge >= 0.3 is 0 Å². The fourth-order valence-electron chi connectivity index (χ4n) is 4.93. The summed E-state index contributed by atoms with van der Waals surface area (Å²) in [5.74, 6) is 0. The third kappa shape index (κ3) is 5.43. The van der Waals surface area contributed by atoms with Gasteiger partial charge in [-0.3, -0.25) is 4.98 Å². The lowest BCUT2D eigenvalue weighted by atomic mass is 10.0. The lowest BCUT2D eigenvalue weighted by Crippen LogP contribution is -2.14. The third-order valence-corrected chi connectivity index (χ3v) is 7.50. The molecule has 2 unspecified atom stereocenters. The Kier molecular flexibility index (Phi) is 6.90. The lowest BCUT2D eigenvalue weighted by molar-refractivity contribution is 0.610. The predicted octanol–water partition coefficient (Wildman–Crippen LogP) is 7.32. The number of hydrogen-bond donors (Lipinski definition) is 2. The molecule has 1 saturated carbocycles. The number of benzene rings is 3. The van der Waals surface area contributed by atoms with E-state index >= 15 is 0 Å². The van der Waals surface area contributed by atoms with E-state index in [1.807, 2.05) is 24.3 Å². The zero-order valence-electron chi connectivity index (χ0n) is 23.3. The summed E-state index contributed by atoms with van der Waals surface area (Å²) in [6.07, 6.45) is 6.15. The average molecular weight is 560 g/mol. The van der Waals surface area contributed by atoms with Gasteiger partial charge < -0.3 is 10.6 Å². The molecule has 5 aromatic rings. The van der Waals surface area contributed by atoms with Crippen LogP contribution >= 0.6 is 11.6 Å². The molecule has 202 valence electrons. The Morgan fingerprint density at radius 1 is 1.05 bits per heavy atom. The number of aromatic nitrogens is 4. The lowest BCUT2D eigenvalue weighted by Gasteiger charge is -2.22. The Labute approximate surface area is 244 Å². The van der Waals surface area contributed by atoms with Crippen molar-refractivity contribution in [3.63, 3.8) is 0 Å². The van der Waals surface area contributed by atoms with E-state index in [0.29, 0.717) is 49.7 Å². The smallest absolute Gasteiger partial charge is 0.109 e. The van der Waals surface area contributed by atoms with Gasteiger partial charge in [-0.25, -0.2) is 4.68 Å². The van der Waals surface area contributed by atoms with E-state index in [-0.39, 0.29) is 12.1 Å². The van der Waals surface area contributed by atoms with Crippen LogP contribution in [0, 0.1) is 22.7 Å². The highest BCUT2D eigenvalue weighted by Crippen LogP contribution is 2.38. The molecule has 3 aromatic carbocycles. The number of pyridine rings is 1. The van der Waals surface area contributed by atoms with E-state index in [0.717, 1.165) is 24.8 Å². The monoisotopic (exact) mass is 559 g/mol. The van der Waals surface area contributed by atoms with Gasteiger partial charge in [-0.05, 0) is 54.7 Å². The second kappa shape index (κ2) is 11.3. The Morgan fingerprint density at radius 3 is 2.59 bits per heavy atom. The number of halogens is 1. The summed E-state index contributed by atoms with van der Waals surface area (Å²) in [4.78, 5) is 4.49. The Bertz CT molecular complexity index is 1850. The SMILES string of the molecule is [2H]C(Nc1cc(Cl)c2ncc(C#N)c(NC(CC)c3ccccc3)c2c1)(c1cccc(C#N)c1)c1cn(C2CC2)nn1. The highest BCUT2D eigenvalue weighted by atomic mass is 35.5. The molecule has 1 fully saturated rings. The maximum atomic E-state index is 10.0. The zero-order valence-corrected chi connectivity index (χ0v) is 23.1. The number of fused-ring (bicyclic) bond motifs is 1. The van der Waals surface area contributed by atoms with Crippen molar-refractivity contribution in [2.75, 3.05) is 10.6 Å². The standard InChI is InChI=1S/C32H27ClN8/c1-2-28(21-8-4-3-5-9-21)38-30-23(17-35)18-36-32-26(30)14-24(15-27(32)33)37-31(22-10-6-7-20(13-22)16-34)29-19-41(40-39-29)25-11-12-25/h3-10,13-15,18-19,25,28,31,37H,2,11-12H2,1H3,(H,36,38)/i31D. The molecule has 9 heteroatoms. The molecule has 2 aromatic heterocycles. The average Bonchev–Trinajstić information content (AvgIpc) is 3.75. The van der Waals surface area contributed by atoms with Crippen LogP contribution in [0.4, 0.5) is 11.4 Å². The highest BCUT2D eigenvalue weighted by molar-refractivity contribution is 6.35. The topological polar surface area (TPSA) is 115 Å². The summed E-state index contributed by atoms with van der Waals surface area (Å²) in [5, 5.41) is 36.1. The summed E-state index contributed by atoms with van der Waals surface area (Å²) in [6, 6.07) is 23.6. The molecular weight excluding hydrogens is 532 g/mol. The molecule has 8 nitrogen and oxygen atoms in total. The van der Waals surface area contributed by atoms with Crippen molar-refractivity contribution >= 4 is 33.9 Å². The van der Waals surface area contributed by atoms with Crippen LogP contribution in [0.25, 0.3) is 10.9 Å². The zero-order chi connectivity index (χ0) is 29.3. The molecule has 2 N–H and O–H groups in total. The van der Waals surface area contributed by atoms with Crippen LogP contribution in [-0.4, -0.2) is 20.0 Å². The Balaban J connectivity index is 1.47. The number of hydrogen-bond acceptors (Lipinski definition) is 7. The van der Waals surface area contributed by atoms with Gasteiger partial charge in [0.2, 0.25) is 0 Å². The van der Waals surface area contributed by atoms with Crippen LogP contribution in [0.5, 0.6) is 0 Å². The minimum absolute atomic E-state index is 0.0549. The van der Waals surface area contributed by atoms with Gasteiger partial charge in [-0.2, -0.15) is 10.5 Å². The largest absolute Gasteiger partial charge is 0.377 e. The van der Waals surface area contributed by atoms with Crippen molar-refractivity contribution in [3.05, 3.63) is 112 Å². The first kappa shape index (κ1) is 25.1. The first-order valence-electron chi connectivity index (χ1n) is 14.0. The summed E-state index contributed by atoms with van der Waals surface area (Å²) >= 11 is 6.79. The quantitative estimate of drug-likeness (QED) is 0.194. The van der Waals surface area contributed by atoms with Gasteiger partial charge in [0.15, 0.2) is 0 Å². The first-order valence-corrected chi connectivity index (χ1v) is 13.9. The second-order valence-electron chi connectivity index (χ2n) is 10.0. The number of rotatable bonds is 9. The Hall–Kier alpha value is -4.92.